The highest BCUT2D eigenvalue weighted by molar-refractivity contribution is 7.13. The zero-order chi connectivity index (χ0) is 17.8. The molecule has 8 heteroatoms. The second-order valence-corrected chi connectivity index (χ2v) is 7.43. The van der Waals surface area contributed by atoms with Gasteiger partial charge in [-0.05, 0) is 38.1 Å². The molecule has 1 fully saturated rings. The van der Waals surface area contributed by atoms with Crippen LogP contribution < -0.4 is 5.32 Å². The van der Waals surface area contributed by atoms with E-state index in [2.05, 4.69) is 39.2 Å². The third-order valence-corrected chi connectivity index (χ3v) is 5.17. The topological polar surface area (TPSA) is 61.4 Å². The standard InChI is InChI=1S/C17H22FN5OS/c1-12(2)23-9-7-22(8-10-23)11-15-20-21-17(25-15)16(24)19-14-5-3-13(18)4-6-14/h3-6,12H,7-11H2,1-2H3,(H,19,24). The number of benzene rings is 1. The van der Waals surface area contributed by atoms with Gasteiger partial charge >= 0.3 is 0 Å². The summed E-state index contributed by atoms with van der Waals surface area (Å²) >= 11 is 1.30. The summed E-state index contributed by atoms with van der Waals surface area (Å²) < 4.78 is 12.9. The first-order chi connectivity index (χ1) is 12.0. The lowest BCUT2D eigenvalue weighted by atomic mass is 10.2. The van der Waals surface area contributed by atoms with Crippen LogP contribution >= 0.6 is 11.3 Å². The molecule has 0 radical (unpaired) electrons. The van der Waals surface area contributed by atoms with E-state index in [0.29, 0.717) is 23.3 Å². The Hall–Kier alpha value is -1.90. The maximum atomic E-state index is 12.9. The molecule has 1 aromatic carbocycles. The van der Waals surface area contributed by atoms with Crippen molar-refractivity contribution in [3.63, 3.8) is 0 Å². The molecule has 0 unspecified atom stereocenters. The maximum Gasteiger partial charge on any atom is 0.286 e. The van der Waals surface area contributed by atoms with Gasteiger partial charge in [0.05, 0.1) is 6.54 Å². The normalized spacial score (nSPS) is 16.3. The van der Waals surface area contributed by atoms with Crippen LogP contribution in [-0.4, -0.2) is 58.1 Å². The van der Waals surface area contributed by atoms with Crippen LogP contribution in [0.5, 0.6) is 0 Å². The Labute approximate surface area is 150 Å². The fourth-order valence-corrected chi connectivity index (χ4v) is 3.53. The summed E-state index contributed by atoms with van der Waals surface area (Å²) in [5.74, 6) is -0.659. The Morgan fingerprint density at radius 1 is 1.20 bits per heavy atom. The van der Waals surface area contributed by atoms with Gasteiger partial charge in [0.25, 0.3) is 5.91 Å². The van der Waals surface area contributed by atoms with Crippen LogP contribution in [0.2, 0.25) is 0 Å². The smallest absolute Gasteiger partial charge is 0.286 e. The van der Waals surface area contributed by atoms with E-state index >= 15 is 0 Å². The zero-order valence-corrected chi connectivity index (χ0v) is 15.2. The van der Waals surface area contributed by atoms with Gasteiger partial charge in [0.2, 0.25) is 5.01 Å². The number of nitrogens with zero attached hydrogens (tertiary/aromatic N) is 4. The van der Waals surface area contributed by atoms with E-state index in [0.717, 1.165) is 31.2 Å². The monoisotopic (exact) mass is 363 g/mol. The Morgan fingerprint density at radius 2 is 1.88 bits per heavy atom. The van der Waals surface area contributed by atoms with Crippen LogP contribution in [0.4, 0.5) is 10.1 Å². The maximum absolute atomic E-state index is 12.9. The van der Waals surface area contributed by atoms with Crippen LogP contribution in [0, 0.1) is 5.82 Å². The number of anilines is 1. The molecular formula is C17H22FN5OS. The van der Waals surface area contributed by atoms with Crippen LogP contribution in [0.15, 0.2) is 24.3 Å². The van der Waals surface area contributed by atoms with Crippen molar-refractivity contribution in [2.45, 2.75) is 26.4 Å². The average Bonchev–Trinajstić information content (AvgIpc) is 3.06. The van der Waals surface area contributed by atoms with E-state index in [4.69, 9.17) is 0 Å². The van der Waals surface area contributed by atoms with E-state index in [9.17, 15) is 9.18 Å². The number of carbonyl (C=O) groups excluding carboxylic acids is 1. The van der Waals surface area contributed by atoms with E-state index < -0.39 is 0 Å². The van der Waals surface area contributed by atoms with Gasteiger partial charge in [0.15, 0.2) is 0 Å². The van der Waals surface area contributed by atoms with Crippen LogP contribution in [-0.2, 0) is 6.54 Å². The molecule has 1 amide bonds. The quantitative estimate of drug-likeness (QED) is 0.884. The molecule has 6 nitrogen and oxygen atoms in total. The van der Waals surface area contributed by atoms with Crippen molar-refractivity contribution in [3.05, 3.63) is 40.1 Å². The lowest BCUT2D eigenvalue weighted by molar-refractivity contribution is 0.102. The summed E-state index contributed by atoms with van der Waals surface area (Å²) in [5, 5.41) is 12.0. The minimum Gasteiger partial charge on any atom is -0.320 e. The number of nitrogens with one attached hydrogen (secondary N) is 1. The molecule has 25 heavy (non-hydrogen) atoms. The predicted molar refractivity (Wildman–Crippen MR) is 96.2 cm³/mol. The first-order valence-electron chi connectivity index (χ1n) is 8.37. The second kappa shape index (κ2) is 7.99. The molecule has 134 valence electrons. The van der Waals surface area contributed by atoms with Gasteiger partial charge in [0, 0.05) is 37.9 Å². The third-order valence-electron chi connectivity index (χ3n) is 4.26. The first kappa shape index (κ1) is 17.9. The van der Waals surface area contributed by atoms with Gasteiger partial charge in [-0.15, -0.1) is 10.2 Å². The highest BCUT2D eigenvalue weighted by Gasteiger charge is 2.21. The Balaban J connectivity index is 1.53. The number of amides is 1. The highest BCUT2D eigenvalue weighted by atomic mass is 32.1. The summed E-state index contributed by atoms with van der Waals surface area (Å²) in [7, 11) is 0. The molecule has 1 aromatic heterocycles. The molecule has 2 aromatic rings. The molecule has 0 aliphatic carbocycles. The summed E-state index contributed by atoms with van der Waals surface area (Å²) in [6.07, 6.45) is 0. The van der Waals surface area contributed by atoms with Gasteiger partial charge < -0.3 is 5.32 Å². The van der Waals surface area contributed by atoms with Crippen molar-refractivity contribution in [1.82, 2.24) is 20.0 Å². The van der Waals surface area contributed by atoms with Crippen LogP contribution in [0.1, 0.15) is 28.7 Å². The molecular weight excluding hydrogens is 341 g/mol. The van der Waals surface area contributed by atoms with E-state index in [-0.39, 0.29) is 11.7 Å². The first-order valence-corrected chi connectivity index (χ1v) is 9.18. The average molecular weight is 363 g/mol. The zero-order valence-electron chi connectivity index (χ0n) is 14.4. The number of hydrogen-bond donors (Lipinski definition) is 1. The van der Waals surface area contributed by atoms with Crippen LogP contribution in [0.3, 0.4) is 0 Å². The Bertz CT molecular complexity index is 710. The molecule has 0 atom stereocenters. The number of hydrogen-bond acceptors (Lipinski definition) is 6. The van der Waals surface area contributed by atoms with Gasteiger partial charge in [-0.25, -0.2) is 4.39 Å². The van der Waals surface area contributed by atoms with Gasteiger partial charge in [-0.3, -0.25) is 14.6 Å². The largest absolute Gasteiger partial charge is 0.320 e. The second-order valence-electron chi connectivity index (χ2n) is 6.37. The molecule has 0 saturated carbocycles. The number of halogens is 1. The van der Waals surface area contributed by atoms with E-state index in [1.54, 1.807) is 0 Å². The van der Waals surface area contributed by atoms with Crippen LogP contribution in [0.25, 0.3) is 0 Å². The number of rotatable bonds is 5. The number of piperazine rings is 1. The molecule has 0 spiro atoms. The summed E-state index contributed by atoms with van der Waals surface area (Å²) in [6, 6.07) is 6.22. The van der Waals surface area contributed by atoms with Crippen molar-refractivity contribution in [1.29, 1.82) is 0 Å². The minimum absolute atomic E-state index is 0.319. The van der Waals surface area contributed by atoms with Crippen molar-refractivity contribution < 1.29 is 9.18 Å². The lowest BCUT2D eigenvalue weighted by Gasteiger charge is -2.36. The number of aromatic nitrogens is 2. The van der Waals surface area contributed by atoms with Gasteiger partial charge in [-0.1, -0.05) is 11.3 Å². The molecule has 1 saturated heterocycles. The van der Waals surface area contributed by atoms with Crippen molar-refractivity contribution >= 4 is 22.9 Å². The van der Waals surface area contributed by atoms with Crippen molar-refractivity contribution in [2.75, 3.05) is 31.5 Å². The summed E-state index contributed by atoms with van der Waals surface area (Å²) in [6.45, 7) is 9.23. The Morgan fingerprint density at radius 3 is 2.52 bits per heavy atom. The predicted octanol–water partition coefficient (Wildman–Crippen LogP) is 2.46. The molecule has 1 aliphatic rings. The molecule has 3 rings (SSSR count). The summed E-state index contributed by atoms with van der Waals surface area (Å²) in [4.78, 5) is 17.0. The minimum atomic E-state index is -0.339. The van der Waals surface area contributed by atoms with Gasteiger partial charge in [-0.2, -0.15) is 0 Å². The van der Waals surface area contributed by atoms with E-state index in [1.807, 2.05) is 0 Å². The van der Waals surface area contributed by atoms with Crippen molar-refractivity contribution in [2.24, 2.45) is 0 Å². The fourth-order valence-electron chi connectivity index (χ4n) is 2.76. The molecule has 2 heterocycles. The van der Waals surface area contributed by atoms with Crippen molar-refractivity contribution in [3.8, 4) is 0 Å². The van der Waals surface area contributed by atoms with Gasteiger partial charge in [0.1, 0.15) is 10.8 Å². The van der Waals surface area contributed by atoms with E-state index in [1.165, 1.54) is 35.6 Å². The third kappa shape index (κ3) is 4.81. The molecule has 0 bridgehead atoms. The number of carbonyl (C=O) groups is 1. The summed E-state index contributed by atoms with van der Waals surface area (Å²) in [5.41, 5.74) is 0.535. The molecule has 1 N–H and O–H groups in total. The SMILES string of the molecule is CC(C)N1CCN(Cc2nnc(C(=O)Nc3ccc(F)cc3)s2)CC1. The lowest BCUT2D eigenvalue weighted by Crippen LogP contribution is -2.48. The highest BCUT2D eigenvalue weighted by Crippen LogP contribution is 2.16. The molecule has 1 aliphatic heterocycles. The fraction of sp³-hybridized carbons (Fsp3) is 0.471. The Kier molecular flexibility index (Phi) is 5.72.